The molecule has 0 aliphatic rings. The molecule has 2 aromatic heterocycles. The maximum absolute atomic E-state index is 12.6. The summed E-state index contributed by atoms with van der Waals surface area (Å²) in [6.07, 6.45) is 1.66. The Bertz CT molecular complexity index is 872. The first-order chi connectivity index (χ1) is 12.6. The molecule has 1 aromatic carbocycles. The minimum atomic E-state index is -0.289. The van der Waals surface area contributed by atoms with Crippen LogP contribution in [0.3, 0.4) is 0 Å². The van der Waals surface area contributed by atoms with E-state index >= 15 is 0 Å². The number of fused-ring (bicyclic) bond motifs is 1. The van der Waals surface area contributed by atoms with Crippen molar-refractivity contribution >= 4 is 11.7 Å². The monoisotopic (exact) mass is 352 g/mol. The number of likely N-dealkylation sites (N-methyl/N-ethyl adjacent to an activating group) is 1. The highest BCUT2D eigenvalue weighted by atomic mass is 16.2. The van der Waals surface area contributed by atoms with Crippen molar-refractivity contribution in [1.82, 2.24) is 29.8 Å². The molecule has 0 saturated heterocycles. The molecule has 2 heterocycles. The van der Waals surface area contributed by atoms with Crippen molar-refractivity contribution in [2.75, 3.05) is 19.6 Å². The van der Waals surface area contributed by atoms with Crippen LogP contribution < -0.4 is 5.32 Å². The van der Waals surface area contributed by atoms with E-state index in [4.69, 9.17) is 0 Å². The summed E-state index contributed by atoms with van der Waals surface area (Å²) in [6, 6.07) is 12.1. The standard InChI is InChI=1S/C19H24N6O/c1-4-24(5-2)16(15-9-7-6-8-10-15)13-21-18(26)17-22-19-20-12-11-14(3)25(19)23-17/h6-12,16H,4-5,13H2,1-3H3,(H,21,26)/t16-/m1/s1. The number of rotatable bonds is 7. The lowest BCUT2D eigenvalue weighted by molar-refractivity contribution is 0.0924. The average Bonchev–Trinajstić information content (AvgIpc) is 3.11. The number of carbonyl (C=O) groups excluding carboxylic acids is 1. The van der Waals surface area contributed by atoms with Gasteiger partial charge in [-0.15, -0.1) is 5.10 Å². The van der Waals surface area contributed by atoms with Crippen LogP contribution in [0.4, 0.5) is 0 Å². The quantitative estimate of drug-likeness (QED) is 0.706. The van der Waals surface area contributed by atoms with Crippen molar-refractivity contribution in [3.63, 3.8) is 0 Å². The molecule has 1 atom stereocenters. The molecule has 3 aromatic rings. The van der Waals surface area contributed by atoms with Gasteiger partial charge >= 0.3 is 0 Å². The van der Waals surface area contributed by atoms with E-state index in [1.54, 1.807) is 10.7 Å². The molecule has 3 rings (SSSR count). The second kappa shape index (κ2) is 8.05. The second-order valence-corrected chi connectivity index (χ2v) is 6.09. The minimum Gasteiger partial charge on any atom is -0.347 e. The van der Waals surface area contributed by atoms with Gasteiger partial charge in [0.25, 0.3) is 11.7 Å². The van der Waals surface area contributed by atoms with E-state index in [0.717, 1.165) is 18.8 Å². The van der Waals surface area contributed by atoms with Gasteiger partial charge in [0.2, 0.25) is 5.82 Å². The summed E-state index contributed by atoms with van der Waals surface area (Å²) >= 11 is 0. The Morgan fingerprint density at radius 3 is 2.58 bits per heavy atom. The lowest BCUT2D eigenvalue weighted by Gasteiger charge is -2.30. The van der Waals surface area contributed by atoms with Crippen LogP contribution in [0.1, 0.15) is 41.8 Å². The molecule has 136 valence electrons. The molecule has 0 spiro atoms. The molecule has 26 heavy (non-hydrogen) atoms. The highest BCUT2D eigenvalue weighted by molar-refractivity contribution is 5.90. The summed E-state index contributed by atoms with van der Waals surface area (Å²) in [7, 11) is 0. The minimum absolute atomic E-state index is 0.104. The van der Waals surface area contributed by atoms with Crippen LogP contribution in [0.5, 0.6) is 0 Å². The molecule has 0 saturated carbocycles. The predicted octanol–water partition coefficient (Wildman–Crippen LogP) is 2.25. The third-order valence-corrected chi connectivity index (χ3v) is 4.53. The molecule has 0 aliphatic carbocycles. The molecule has 7 nitrogen and oxygen atoms in total. The topological polar surface area (TPSA) is 75.4 Å². The van der Waals surface area contributed by atoms with Gasteiger partial charge in [-0.2, -0.15) is 4.98 Å². The summed E-state index contributed by atoms with van der Waals surface area (Å²) in [6.45, 7) is 8.45. The van der Waals surface area contributed by atoms with E-state index in [9.17, 15) is 4.79 Å². The number of benzene rings is 1. The molecular weight excluding hydrogens is 328 g/mol. The third kappa shape index (κ3) is 3.72. The van der Waals surface area contributed by atoms with Gasteiger partial charge in [-0.25, -0.2) is 9.50 Å². The highest BCUT2D eigenvalue weighted by Crippen LogP contribution is 2.19. The number of nitrogens with one attached hydrogen (secondary N) is 1. The van der Waals surface area contributed by atoms with E-state index in [1.807, 2.05) is 31.2 Å². The van der Waals surface area contributed by atoms with Crippen molar-refractivity contribution in [3.8, 4) is 0 Å². The van der Waals surface area contributed by atoms with Gasteiger partial charge in [-0.1, -0.05) is 44.2 Å². The normalized spacial score (nSPS) is 12.5. The molecule has 0 unspecified atom stereocenters. The van der Waals surface area contributed by atoms with Crippen molar-refractivity contribution < 1.29 is 4.79 Å². The lowest BCUT2D eigenvalue weighted by Crippen LogP contribution is -2.38. The van der Waals surface area contributed by atoms with E-state index in [0.29, 0.717) is 12.3 Å². The molecule has 0 radical (unpaired) electrons. The summed E-state index contributed by atoms with van der Waals surface area (Å²) in [5.74, 6) is 0.277. The Morgan fingerprint density at radius 2 is 1.92 bits per heavy atom. The Morgan fingerprint density at radius 1 is 1.19 bits per heavy atom. The molecule has 1 amide bonds. The first-order valence-corrected chi connectivity index (χ1v) is 8.89. The van der Waals surface area contributed by atoms with Gasteiger partial charge in [0, 0.05) is 18.4 Å². The van der Waals surface area contributed by atoms with Crippen LogP contribution in [0, 0.1) is 6.92 Å². The van der Waals surface area contributed by atoms with Gasteiger partial charge in [0.1, 0.15) is 0 Å². The molecule has 0 bridgehead atoms. The number of amides is 1. The van der Waals surface area contributed by atoms with Gasteiger partial charge in [0.15, 0.2) is 0 Å². The van der Waals surface area contributed by atoms with Crippen molar-refractivity contribution in [2.45, 2.75) is 26.8 Å². The van der Waals surface area contributed by atoms with Crippen LogP contribution in [0.15, 0.2) is 42.6 Å². The zero-order valence-corrected chi connectivity index (χ0v) is 15.4. The van der Waals surface area contributed by atoms with Crippen LogP contribution in [0.2, 0.25) is 0 Å². The lowest BCUT2D eigenvalue weighted by atomic mass is 10.1. The van der Waals surface area contributed by atoms with E-state index in [-0.39, 0.29) is 17.8 Å². The maximum atomic E-state index is 12.6. The number of aromatic nitrogens is 4. The number of carbonyl (C=O) groups is 1. The Labute approximate surface area is 153 Å². The van der Waals surface area contributed by atoms with Crippen molar-refractivity contribution in [2.24, 2.45) is 0 Å². The Balaban J connectivity index is 1.77. The fourth-order valence-electron chi connectivity index (χ4n) is 3.07. The number of hydrogen-bond acceptors (Lipinski definition) is 5. The fourth-order valence-corrected chi connectivity index (χ4v) is 3.07. The van der Waals surface area contributed by atoms with Gasteiger partial charge in [0.05, 0.1) is 6.04 Å². The smallest absolute Gasteiger partial charge is 0.291 e. The van der Waals surface area contributed by atoms with E-state index in [2.05, 4.69) is 51.3 Å². The zero-order chi connectivity index (χ0) is 18.5. The largest absolute Gasteiger partial charge is 0.347 e. The molecular formula is C19H24N6O. The van der Waals surface area contributed by atoms with Crippen LogP contribution in [-0.2, 0) is 0 Å². The van der Waals surface area contributed by atoms with Gasteiger partial charge in [-0.3, -0.25) is 9.69 Å². The van der Waals surface area contributed by atoms with E-state index < -0.39 is 0 Å². The molecule has 0 fully saturated rings. The Kier molecular flexibility index (Phi) is 5.58. The van der Waals surface area contributed by atoms with E-state index in [1.165, 1.54) is 5.56 Å². The Hall–Kier alpha value is -2.80. The predicted molar refractivity (Wildman–Crippen MR) is 100.0 cm³/mol. The summed E-state index contributed by atoms with van der Waals surface area (Å²) in [5, 5.41) is 7.25. The first-order valence-electron chi connectivity index (χ1n) is 8.89. The number of hydrogen-bond donors (Lipinski definition) is 1. The maximum Gasteiger partial charge on any atom is 0.291 e. The molecule has 1 N–H and O–H groups in total. The fraction of sp³-hybridized carbons (Fsp3) is 0.368. The van der Waals surface area contributed by atoms with Gasteiger partial charge < -0.3 is 5.32 Å². The van der Waals surface area contributed by atoms with Crippen molar-refractivity contribution in [3.05, 3.63) is 59.7 Å². The summed E-state index contributed by atoms with van der Waals surface area (Å²) < 4.78 is 1.58. The molecule has 7 heteroatoms. The third-order valence-electron chi connectivity index (χ3n) is 4.53. The van der Waals surface area contributed by atoms with Crippen LogP contribution in [0.25, 0.3) is 5.78 Å². The zero-order valence-electron chi connectivity index (χ0n) is 15.4. The average molecular weight is 352 g/mol. The SMILES string of the molecule is CCN(CC)[C@H](CNC(=O)c1nc2nccc(C)n2n1)c1ccccc1. The first kappa shape index (κ1) is 18.0. The number of aryl methyl sites for hydroxylation is 1. The van der Waals surface area contributed by atoms with Crippen molar-refractivity contribution in [1.29, 1.82) is 0 Å². The van der Waals surface area contributed by atoms with Gasteiger partial charge in [-0.05, 0) is 31.6 Å². The molecule has 0 aliphatic heterocycles. The summed E-state index contributed by atoms with van der Waals surface area (Å²) in [5.41, 5.74) is 2.06. The second-order valence-electron chi connectivity index (χ2n) is 6.09. The van der Waals surface area contributed by atoms with Crippen LogP contribution >= 0.6 is 0 Å². The van der Waals surface area contributed by atoms with Crippen LogP contribution in [-0.4, -0.2) is 50.0 Å². The number of nitrogens with zero attached hydrogens (tertiary/aromatic N) is 5. The summed E-state index contributed by atoms with van der Waals surface area (Å²) in [4.78, 5) is 23.3. The highest BCUT2D eigenvalue weighted by Gasteiger charge is 2.20.